The van der Waals surface area contributed by atoms with Crippen molar-refractivity contribution in [3.05, 3.63) is 35.9 Å². The van der Waals surface area contributed by atoms with Crippen molar-refractivity contribution in [3.63, 3.8) is 0 Å². The lowest BCUT2D eigenvalue weighted by molar-refractivity contribution is -0.126. The van der Waals surface area contributed by atoms with E-state index in [0.29, 0.717) is 6.54 Å². The van der Waals surface area contributed by atoms with Gasteiger partial charge in [-0.25, -0.2) is 4.79 Å². The van der Waals surface area contributed by atoms with Crippen molar-refractivity contribution in [3.8, 4) is 0 Å². The summed E-state index contributed by atoms with van der Waals surface area (Å²) in [5.74, 6) is -0.707. The predicted octanol–water partition coefficient (Wildman–Crippen LogP) is -0.0566. The van der Waals surface area contributed by atoms with Crippen molar-refractivity contribution < 1.29 is 14.4 Å². The Morgan fingerprint density at radius 1 is 1.21 bits per heavy atom. The number of hydrogen-bond donors (Lipinski definition) is 3. The van der Waals surface area contributed by atoms with Crippen molar-refractivity contribution in [2.75, 3.05) is 6.54 Å². The molecule has 1 saturated heterocycles. The number of urea groups is 1. The molecule has 2 rings (SSSR count). The SMILES string of the molecule is O=C(CC1NC(=O)NC1=O)NCCc1ccccc1. The Hall–Kier alpha value is -2.37. The molecule has 1 aliphatic heterocycles. The molecule has 0 saturated carbocycles. The van der Waals surface area contributed by atoms with Gasteiger partial charge in [0, 0.05) is 6.54 Å². The molecule has 1 aromatic rings. The first-order chi connectivity index (χ1) is 9.15. The van der Waals surface area contributed by atoms with Crippen LogP contribution in [-0.4, -0.2) is 30.4 Å². The standard InChI is InChI=1S/C13H15N3O3/c17-11(8-10-12(18)16-13(19)15-10)14-7-6-9-4-2-1-3-5-9/h1-5,10H,6-8H2,(H,14,17)(H2,15,16,18,19). The first-order valence-corrected chi connectivity index (χ1v) is 6.07. The first-order valence-electron chi connectivity index (χ1n) is 6.07. The lowest BCUT2D eigenvalue weighted by atomic mass is 10.1. The summed E-state index contributed by atoms with van der Waals surface area (Å²) < 4.78 is 0. The van der Waals surface area contributed by atoms with Gasteiger partial charge in [0.2, 0.25) is 5.91 Å². The topological polar surface area (TPSA) is 87.3 Å². The van der Waals surface area contributed by atoms with Gasteiger partial charge in [-0.3, -0.25) is 14.9 Å². The van der Waals surface area contributed by atoms with E-state index in [1.54, 1.807) is 0 Å². The minimum Gasteiger partial charge on any atom is -0.356 e. The minimum absolute atomic E-state index is 0.0354. The number of hydrogen-bond acceptors (Lipinski definition) is 3. The highest BCUT2D eigenvalue weighted by Crippen LogP contribution is 2.00. The summed E-state index contributed by atoms with van der Waals surface area (Å²) in [5.41, 5.74) is 1.13. The maximum atomic E-state index is 11.6. The molecule has 0 aliphatic carbocycles. The van der Waals surface area contributed by atoms with Crippen LogP contribution in [0.5, 0.6) is 0 Å². The van der Waals surface area contributed by atoms with Crippen LogP contribution in [0.4, 0.5) is 4.79 Å². The Balaban J connectivity index is 1.70. The Bertz CT molecular complexity index is 487. The number of benzene rings is 1. The number of imide groups is 1. The van der Waals surface area contributed by atoms with E-state index in [-0.39, 0.29) is 12.3 Å². The lowest BCUT2D eigenvalue weighted by Crippen LogP contribution is -2.36. The maximum Gasteiger partial charge on any atom is 0.322 e. The van der Waals surface area contributed by atoms with Crippen LogP contribution in [0.3, 0.4) is 0 Å². The number of nitrogens with one attached hydrogen (secondary N) is 3. The maximum absolute atomic E-state index is 11.6. The van der Waals surface area contributed by atoms with E-state index in [2.05, 4.69) is 16.0 Å². The fourth-order valence-corrected chi connectivity index (χ4v) is 1.85. The molecule has 1 unspecified atom stereocenters. The molecule has 100 valence electrons. The van der Waals surface area contributed by atoms with Crippen LogP contribution in [0.2, 0.25) is 0 Å². The van der Waals surface area contributed by atoms with Crippen LogP contribution in [0.1, 0.15) is 12.0 Å². The van der Waals surface area contributed by atoms with Gasteiger partial charge in [-0.05, 0) is 12.0 Å². The molecule has 4 amide bonds. The van der Waals surface area contributed by atoms with Gasteiger partial charge in [-0.1, -0.05) is 30.3 Å². The molecule has 1 fully saturated rings. The molecule has 0 radical (unpaired) electrons. The molecular formula is C13H15N3O3. The van der Waals surface area contributed by atoms with Gasteiger partial charge >= 0.3 is 6.03 Å². The van der Waals surface area contributed by atoms with Crippen molar-refractivity contribution in [1.82, 2.24) is 16.0 Å². The molecule has 1 heterocycles. The van der Waals surface area contributed by atoms with Crippen LogP contribution >= 0.6 is 0 Å². The van der Waals surface area contributed by atoms with Crippen LogP contribution in [-0.2, 0) is 16.0 Å². The Morgan fingerprint density at radius 2 is 1.95 bits per heavy atom. The molecule has 1 aromatic carbocycles. The van der Waals surface area contributed by atoms with Gasteiger partial charge in [0.25, 0.3) is 5.91 Å². The third kappa shape index (κ3) is 3.80. The molecule has 1 aliphatic rings. The summed E-state index contributed by atoms with van der Waals surface area (Å²) in [6.07, 6.45) is 0.697. The Morgan fingerprint density at radius 3 is 2.58 bits per heavy atom. The van der Waals surface area contributed by atoms with E-state index < -0.39 is 18.0 Å². The fourth-order valence-electron chi connectivity index (χ4n) is 1.85. The first kappa shape index (κ1) is 13.1. The molecule has 6 nitrogen and oxygen atoms in total. The summed E-state index contributed by atoms with van der Waals surface area (Å²) in [5, 5.41) is 7.19. The van der Waals surface area contributed by atoms with Gasteiger partial charge < -0.3 is 10.6 Å². The van der Waals surface area contributed by atoms with E-state index in [1.807, 2.05) is 30.3 Å². The molecule has 1 atom stereocenters. The highest BCUT2D eigenvalue weighted by atomic mass is 16.2. The third-order valence-corrected chi connectivity index (χ3v) is 2.83. The van der Waals surface area contributed by atoms with Crippen LogP contribution in [0.25, 0.3) is 0 Å². The lowest BCUT2D eigenvalue weighted by Gasteiger charge is -2.08. The minimum atomic E-state index is -0.760. The molecule has 0 bridgehead atoms. The summed E-state index contributed by atoms with van der Waals surface area (Å²) in [6, 6.07) is 8.47. The third-order valence-electron chi connectivity index (χ3n) is 2.83. The van der Waals surface area contributed by atoms with Crippen LogP contribution in [0.15, 0.2) is 30.3 Å². The van der Waals surface area contributed by atoms with Crippen molar-refractivity contribution >= 4 is 17.8 Å². The zero-order valence-electron chi connectivity index (χ0n) is 10.3. The highest BCUT2D eigenvalue weighted by molar-refractivity contribution is 6.05. The van der Waals surface area contributed by atoms with Gasteiger partial charge in [0.05, 0.1) is 6.42 Å². The number of carbonyl (C=O) groups excluding carboxylic acids is 3. The van der Waals surface area contributed by atoms with Crippen LogP contribution < -0.4 is 16.0 Å². The normalized spacial score (nSPS) is 17.8. The molecule has 3 N–H and O–H groups in total. The molecule has 0 spiro atoms. The summed E-state index contributed by atoms with van der Waals surface area (Å²) in [7, 11) is 0. The quantitative estimate of drug-likeness (QED) is 0.649. The average Bonchev–Trinajstić information content (AvgIpc) is 2.69. The van der Waals surface area contributed by atoms with E-state index in [1.165, 1.54) is 0 Å². The summed E-state index contributed by atoms with van der Waals surface area (Å²) in [6.45, 7) is 0.505. The van der Waals surface area contributed by atoms with Crippen LogP contribution in [0, 0.1) is 0 Å². The smallest absolute Gasteiger partial charge is 0.322 e. The van der Waals surface area contributed by atoms with Gasteiger partial charge in [0.15, 0.2) is 0 Å². The zero-order valence-corrected chi connectivity index (χ0v) is 10.3. The zero-order chi connectivity index (χ0) is 13.7. The van der Waals surface area contributed by atoms with E-state index in [4.69, 9.17) is 0 Å². The second-order valence-corrected chi connectivity index (χ2v) is 4.30. The number of carbonyl (C=O) groups is 3. The van der Waals surface area contributed by atoms with E-state index >= 15 is 0 Å². The van der Waals surface area contributed by atoms with Crippen molar-refractivity contribution in [2.24, 2.45) is 0 Å². The van der Waals surface area contributed by atoms with Crippen molar-refractivity contribution in [1.29, 1.82) is 0 Å². The summed E-state index contributed by atoms with van der Waals surface area (Å²) in [4.78, 5) is 33.7. The Labute approximate surface area is 110 Å². The number of amides is 4. The van der Waals surface area contributed by atoms with Gasteiger partial charge in [-0.2, -0.15) is 0 Å². The average molecular weight is 261 g/mol. The molecule has 19 heavy (non-hydrogen) atoms. The second-order valence-electron chi connectivity index (χ2n) is 4.30. The summed E-state index contributed by atoms with van der Waals surface area (Å²) >= 11 is 0. The van der Waals surface area contributed by atoms with E-state index in [9.17, 15) is 14.4 Å². The van der Waals surface area contributed by atoms with E-state index in [0.717, 1.165) is 12.0 Å². The number of rotatable bonds is 5. The monoisotopic (exact) mass is 261 g/mol. The predicted molar refractivity (Wildman–Crippen MR) is 68.2 cm³/mol. The van der Waals surface area contributed by atoms with Crippen molar-refractivity contribution in [2.45, 2.75) is 18.9 Å². The molecule has 0 aromatic heterocycles. The highest BCUT2D eigenvalue weighted by Gasteiger charge is 2.30. The van der Waals surface area contributed by atoms with Gasteiger partial charge in [-0.15, -0.1) is 0 Å². The largest absolute Gasteiger partial charge is 0.356 e. The second kappa shape index (κ2) is 5.99. The fraction of sp³-hybridized carbons (Fsp3) is 0.308. The molecular weight excluding hydrogens is 246 g/mol. The van der Waals surface area contributed by atoms with Gasteiger partial charge in [0.1, 0.15) is 6.04 Å². The molecule has 6 heteroatoms. The Kier molecular flexibility index (Phi) is 4.12.